The van der Waals surface area contributed by atoms with Crippen molar-refractivity contribution in [3.05, 3.63) is 66.0 Å². The van der Waals surface area contributed by atoms with E-state index in [1.54, 1.807) is 18.2 Å². The van der Waals surface area contributed by atoms with Gasteiger partial charge >= 0.3 is 0 Å². The molecule has 0 aliphatic carbocycles. The summed E-state index contributed by atoms with van der Waals surface area (Å²) in [4.78, 5) is 4.21. The second kappa shape index (κ2) is 5.44. The van der Waals surface area contributed by atoms with E-state index in [1.807, 2.05) is 26.0 Å². The molecule has 0 spiro atoms. The third-order valence-corrected chi connectivity index (χ3v) is 2.82. The van der Waals surface area contributed by atoms with Crippen molar-refractivity contribution in [1.29, 1.82) is 5.26 Å². The highest BCUT2D eigenvalue weighted by Crippen LogP contribution is 2.29. The number of allylic oxidation sites excluding steroid dienone is 2. The van der Waals surface area contributed by atoms with Crippen molar-refractivity contribution in [3.63, 3.8) is 0 Å². The SMILES string of the molecule is C=C/C=C(\C=C)C(C)(N)c1ccc(C)nc1C#N. The van der Waals surface area contributed by atoms with Crippen molar-refractivity contribution < 1.29 is 0 Å². The van der Waals surface area contributed by atoms with Crippen LogP contribution in [0.2, 0.25) is 0 Å². The summed E-state index contributed by atoms with van der Waals surface area (Å²) < 4.78 is 0. The minimum atomic E-state index is -0.818. The van der Waals surface area contributed by atoms with Gasteiger partial charge in [0.05, 0.1) is 5.54 Å². The molecule has 0 radical (unpaired) electrons. The normalized spacial score (nSPS) is 14.4. The van der Waals surface area contributed by atoms with Gasteiger partial charge in [-0.3, -0.25) is 0 Å². The lowest BCUT2D eigenvalue weighted by atomic mass is 9.84. The van der Waals surface area contributed by atoms with Crippen LogP contribution >= 0.6 is 0 Å². The Labute approximate surface area is 108 Å². The summed E-state index contributed by atoms with van der Waals surface area (Å²) in [5, 5.41) is 9.16. The molecule has 0 saturated heterocycles. The Kier molecular flexibility index (Phi) is 4.19. The lowest BCUT2D eigenvalue weighted by Gasteiger charge is -2.27. The summed E-state index contributed by atoms with van der Waals surface area (Å²) in [5.41, 5.74) is 8.12. The van der Waals surface area contributed by atoms with Gasteiger partial charge in [-0.15, -0.1) is 0 Å². The van der Waals surface area contributed by atoms with Crippen molar-refractivity contribution in [1.82, 2.24) is 4.98 Å². The minimum Gasteiger partial charge on any atom is -0.318 e. The van der Waals surface area contributed by atoms with E-state index in [0.29, 0.717) is 11.3 Å². The Morgan fingerprint density at radius 2 is 2.17 bits per heavy atom. The Morgan fingerprint density at radius 1 is 1.50 bits per heavy atom. The summed E-state index contributed by atoms with van der Waals surface area (Å²) >= 11 is 0. The van der Waals surface area contributed by atoms with Crippen molar-refractivity contribution in [2.24, 2.45) is 5.73 Å². The molecule has 1 rings (SSSR count). The van der Waals surface area contributed by atoms with Crippen LogP contribution in [0.15, 0.2) is 49.1 Å². The fourth-order valence-corrected chi connectivity index (χ4v) is 1.80. The van der Waals surface area contributed by atoms with Crippen LogP contribution in [0.4, 0.5) is 0 Å². The molecule has 2 N–H and O–H groups in total. The quantitative estimate of drug-likeness (QED) is 0.822. The van der Waals surface area contributed by atoms with Crippen LogP contribution in [-0.4, -0.2) is 4.98 Å². The summed E-state index contributed by atoms with van der Waals surface area (Å²) in [5.74, 6) is 0. The molecule has 0 aliphatic heterocycles. The van der Waals surface area contributed by atoms with Gasteiger partial charge in [-0.2, -0.15) is 5.26 Å². The first-order chi connectivity index (χ1) is 8.47. The van der Waals surface area contributed by atoms with Crippen LogP contribution in [0, 0.1) is 18.3 Å². The average molecular weight is 239 g/mol. The van der Waals surface area contributed by atoms with Gasteiger partial charge in [0, 0.05) is 11.3 Å². The first-order valence-corrected chi connectivity index (χ1v) is 5.60. The van der Waals surface area contributed by atoms with Gasteiger partial charge in [-0.1, -0.05) is 37.5 Å². The molecule has 1 heterocycles. The van der Waals surface area contributed by atoms with E-state index in [1.165, 1.54) is 0 Å². The van der Waals surface area contributed by atoms with E-state index in [2.05, 4.69) is 24.2 Å². The highest BCUT2D eigenvalue weighted by atomic mass is 14.8. The highest BCUT2D eigenvalue weighted by Gasteiger charge is 2.27. The number of nitrogens with zero attached hydrogens (tertiary/aromatic N) is 2. The van der Waals surface area contributed by atoms with Gasteiger partial charge in [0.2, 0.25) is 0 Å². The number of rotatable bonds is 4. The van der Waals surface area contributed by atoms with E-state index in [4.69, 9.17) is 11.0 Å². The molecule has 3 nitrogen and oxygen atoms in total. The van der Waals surface area contributed by atoms with E-state index in [0.717, 1.165) is 11.3 Å². The van der Waals surface area contributed by atoms with Crippen LogP contribution in [0.3, 0.4) is 0 Å². The second-order valence-corrected chi connectivity index (χ2v) is 4.22. The summed E-state index contributed by atoms with van der Waals surface area (Å²) in [7, 11) is 0. The Morgan fingerprint density at radius 3 is 2.67 bits per heavy atom. The number of nitriles is 1. The monoisotopic (exact) mass is 239 g/mol. The zero-order valence-electron chi connectivity index (χ0n) is 10.8. The number of pyridine rings is 1. The standard InChI is InChI=1S/C15H17N3/c1-5-7-12(6-2)15(4,17)13-9-8-11(3)18-14(13)10-16/h5-9H,1-2,17H2,3-4H3/b12-7+. The molecule has 1 unspecified atom stereocenters. The van der Waals surface area contributed by atoms with Crippen molar-refractivity contribution in [2.45, 2.75) is 19.4 Å². The number of nitrogens with two attached hydrogens (primary N) is 1. The maximum atomic E-state index is 9.16. The molecule has 0 aliphatic rings. The molecule has 1 atom stereocenters. The summed E-state index contributed by atoms with van der Waals surface area (Å²) in [6, 6.07) is 5.76. The molecule has 3 heteroatoms. The van der Waals surface area contributed by atoms with E-state index in [-0.39, 0.29) is 0 Å². The molecule has 0 saturated carbocycles. The molecule has 18 heavy (non-hydrogen) atoms. The third-order valence-electron chi connectivity index (χ3n) is 2.82. The number of hydrogen-bond acceptors (Lipinski definition) is 3. The smallest absolute Gasteiger partial charge is 0.146 e. The zero-order valence-corrected chi connectivity index (χ0v) is 10.8. The van der Waals surface area contributed by atoms with Gasteiger partial charge in [-0.25, -0.2) is 4.98 Å². The largest absolute Gasteiger partial charge is 0.318 e. The fourth-order valence-electron chi connectivity index (χ4n) is 1.80. The summed E-state index contributed by atoms with van der Waals surface area (Å²) in [6.45, 7) is 11.1. The van der Waals surface area contributed by atoms with Gasteiger partial charge in [0.25, 0.3) is 0 Å². The Bertz CT molecular complexity index is 545. The molecular weight excluding hydrogens is 222 g/mol. The Hall–Kier alpha value is -2.18. The molecule has 0 bridgehead atoms. The number of aromatic nitrogens is 1. The second-order valence-electron chi connectivity index (χ2n) is 4.22. The predicted octanol–water partition coefficient (Wildman–Crippen LogP) is 2.73. The predicted molar refractivity (Wildman–Crippen MR) is 73.7 cm³/mol. The highest BCUT2D eigenvalue weighted by molar-refractivity contribution is 5.46. The van der Waals surface area contributed by atoms with Crippen molar-refractivity contribution >= 4 is 0 Å². The van der Waals surface area contributed by atoms with Crippen LogP contribution in [0.25, 0.3) is 0 Å². The molecule has 0 amide bonds. The Balaban J connectivity index is 3.45. The number of aryl methyl sites for hydroxylation is 1. The van der Waals surface area contributed by atoms with E-state index >= 15 is 0 Å². The molecule has 0 fully saturated rings. The zero-order chi connectivity index (χ0) is 13.8. The van der Waals surface area contributed by atoms with Crippen molar-refractivity contribution in [3.8, 4) is 6.07 Å². The van der Waals surface area contributed by atoms with E-state index < -0.39 is 5.54 Å². The maximum Gasteiger partial charge on any atom is 0.146 e. The van der Waals surface area contributed by atoms with Crippen LogP contribution in [0.1, 0.15) is 23.9 Å². The first-order valence-electron chi connectivity index (χ1n) is 5.60. The van der Waals surface area contributed by atoms with Gasteiger partial charge in [-0.05, 0) is 25.5 Å². The van der Waals surface area contributed by atoms with Gasteiger partial charge < -0.3 is 5.73 Å². The lowest BCUT2D eigenvalue weighted by molar-refractivity contribution is 0.596. The van der Waals surface area contributed by atoms with Crippen LogP contribution in [0.5, 0.6) is 0 Å². The van der Waals surface area contributed by atoms with E-state index in [9.17, 15) is 0 Å². The number of hydrogen-bond donors (Lipinski definition) is 1. The minimum absolute atomic E-state index is 0.344. The summed E-state index contributed by atoms with van der Waals surface area (Å²) in [6.07, 6.45) is 5.10. The molecule has 1 aromatic rings. The lowest BCUT2D eigenvalue weighted by Crippen LogP contribution is -2.35. The average Bonchev–Trinajstić information content (AvgIpc) is 2.35. The molecular formula is C15H17N3. The third kappa shape index (κ3) is 2.55. The fraction of sp³-hybridized carbons (Fsp3) is 0.200. The first kappa shape index (κ1) is 13.9. The van der Waals surface area contributed by atoms with Crippen molar-refractivity contribution in [2.75, 3.05) is 0 Å². The van der Waals surface area contributed by atoms with Gasteiger partial charge in [0.15, 0.2) is 0 Å². The molecule has 92 valence electrons. The molecule has 0 aromatic carbocycles. The van der Waals surface area contributed by atoms with Crippen LogP contribution in [-0.2, 0) is 5.54 Å². The maximum absolute atomic E-state index is 9.16. The van der Waals surface area contributed by atoms with Crippen LogP contribution < -0.4 is 5.73 Å². The van der Waals surface area contributed by atoms with Gasteiger partial charge in [0.1, 0.15) is 11.8 Å². The molecule has 1 aromatic heterocycles. The topological polar surface area (TPSA) is 62.7 Å².